The summed E-state index contributed by atoms with van der Waals surface area (Å²) in [5.41, 5.74) is 2.42. The van der Waals surface area contributed by atoms with E-state index in [9.17, 15) is 0 Å². The van der Waals surface area contributed by atoms with E-state index in [4.69, 9.17) is 4.74 Å². The highest BCUT2D eigenvalue weighted by Gasteiger charge is 2.09. The van der Waals surface area contributed by atoms with Crippen LogP contribution in [0.25, 0.3) is 0 Å². The zero-order valence-electron chi connectivity index (χ0n) is 9.40. The summed E-state index contributed by atoms with van der Waals surface area (Å²) in [4.78, 5) is 4.39. The van der Waals surface area contributed by atoms with Gasteiger partial charge in [0.1, 0.15) is 0 Å². The zero-order valence-corrected chi connectivity index (χ0v) is 10.2. The van der Waals surface area contributed by atoms with Crippen LogP contribution in [0.2, 0.25) is 0 Å². The summed E-state index contributed by atoms with van der Waals surface area (Å²) in [6, 6.07) is 8.31. The number of ether oxygens (including phenoxy) is 1. The van der Waals surface area contributed by atoms with Crippen molar-refractivity contribution >= 4 is 22.6 Å². The number of benzene rings is 1. The van der Waals surface area contributed by atoms with Crippen LogP contribution in [-0.2, 0) is 11.2 Å². The van der Waals surface area contributed by atoms with Crippen LogP contribution < -0.4 is 5.32 Å². The van der Waals surface area contributed by atoms with Crippen LogP contribution >= 0.6 is 11.8 Å². The molecule has 86 valence electrons. The Bertz CT molecular complexity index is 379. The van der Waals surface area contributed by atoms with Gasteiger partial charge in [0.2, 0.25) is 0 Å². The number of para-hydroxylation sites is 1. The molecule has 0 aliphatic carbocycles. The molecule has 0 spiro atoms. The van der Waals surface area contributed by atoms with Crippen LogP contribution in [0, 0.1) is 0 Å². The molecular weight excluding hydrogens is 220 g/mol. The molecule has 0 radical (unpaired) electrons. The second-order valence-electron chi connectivity index (χ2n) is 3.56. The third kappa shape index (κ3) is 3.00. The maximum atomic E-state index is 5.11. The largest absolute Gasteiger partial charge is 0.384 e. The SMILES string of the molecule is COCCc1ccccc1NC1=NCCS1. The number of amidine groups is 1. The maximum absolute atomic E-state index is 5.11. The molecular formula is C12H16N2OS. The van der Waals surface area contributed by atoms with Crippen LogP contribution in [0.3, 0.4) is 0 Å². The molecule has 1 aliphatic heterocycles. The fourth-order valence-corrected chi connectivity index (χ4v) is 2.34. The average Bonchev–Trinajstić information content (AvgIpc) is 2.81. The molecule has 0 aromatic heterocycles. The van der Waals surface area contributed by atoms with Gasteiger partial charge in [-0.05, 0) is 18.1 Å². The predicted octanol–water partition coefficient (Wildman–Crippen LogP) is 2.39. The first-order chi connectivity index (χ1) is 7.90. The maximum Gasteiger partial charge on any atom is 0.161 e. The number of thioether (sulfide) groups is 1. The van der Waals surface area contributed by atoms with E-state index in [1.807, 2.05) is 6.07 Å². The van der Waals surface area contributed by atoms with E-state index >= 15 is 0 Å². The van der Waals surface area contributed by atoms with Crippen molar-refractivity contribution in [2.24, 2.45) is 4.99 Å². The van der Waals surface area contributed by atoms with E-state index in [0.29, 0.717) is 0 Å². The molecule has 0 fully saturated rings. The van der Waals surface area contributed by atoms with Crippen LogP contribution in [0.5, 0.6) is 0 Å². The molecule has 0 bridgehead atoms. The number of rotatable bonds is 4. The highest BCUT2D eigenvalue weighted by Crippen LogP contribution is 2.20. The van der Waals surface area contributed by atoms with Crippen molar-refractivity contribution in [2.45, 2.75) is 6.42 Å². The molecule has 0 unspecified atom stereocenters. The lowest BCUT2D eigenvalue weighted by Gasteiger charge is -2.10. The van der Waals surface area contributed by atoms with Gasteiger partial charge < -0.3 is 10.1 Å². The number of methoxy groups -OCH3 is 1. The van der Waals surface area contributed by atoms with Gasteiger partial charge in [-0.1, -0.05) is 30.0 Å². The highest BCUT2D eigenvalue weighted by molar-refractivity contribution is 8.14. The molecule has 1 aromatic rings. The summed E-state index contributed by atoms with van der Waals surface area (Å²) >= 11 is 1.78. The summed E-state index contributed by atoms with van der Waals surface area (Å²) in [7, 11) is 1.73. The third-order valence-corrected chi connectivity index (χ3v) is 3.31. The van der Waals surface area contributed by atoms with Crippen LogP contribution in [0.15, 0.2) is 29.3 Å². The summed E-state index contributed by atoms with van der Waals surface area (Å²) in [6.07, 6.45) is 0.928. The van der Waals surface area contributed by atoms with Gasteiger partial charge in [0.25, 0.3) is 0 Å². The first-order valence-electron chi connectivity index (χ1n) is 5.41. The van der Waals surface area contributed by atoms with Crippen molar-refractivity contribution in [3.8, 4) is 0 Å². The first-order valence-corrected chi connectivity index (χ1v) is 6.40. The van der Waals surface area contributed by atoms with Gasteiger partial charge in [0.15, 0.2) is 5.17 Å². The monoisotopic (exact) mass is 236 g/mol. The van der Waals surface area contributed by atoms with E-state index in [1.54, 1.807) is 18.9 Å². The second-order valence-corrected chi connectivity index (χ2v) is 4.64. The minimum absolute atomic E-state index is 0.748. The van der Waals surface area contributed by atoms with Crippen molar-refractivity contribution in [2.75, 3.05) is 31.3 Å². The lowest BCUT2D eigenvalue weighted by atomic mass is 10.1. The Morgan fingerprint density at radius 3 is 3.06 bits per heavy atom. The Labute approximate surface area is 100 Å². The fraction of sp³-hybridized carbons (Fsp3) is 0.417. The number of anilines is 1. The van der Waals surface area contributed by atoms with Gasteiger partial charge >= 0.3 is 0 Å². The first kappa shape index (κ1) is 11.5. The summed E-state index contributed by atoms with van der Waals surface area (Å²) in [5, 5.41) is 4.41. The van der Waals surface area contributed by atoms with Crippen molar-refractivity contribution in [3.63, 3.8) is 0 Å². The van der Waals surface area contributed by atoms with E-state index in [1.165, 1.54) is 5.56 Å². The minimum atomic E-state index is 0.748. The van der Waals surface area contributed by atoms with E-state index in [0.717, 1.165) is 36.2 Å². The number of aliphatic imine (C=N–C) groups is 1. The number of hydrogen-bond donors (Lipinski definition) is 1. The summed E-state index contributed by atoms with van der Waals surface area (Å²) < 4.78 is 5.11. The molecule has 4 heteroatoms. The lowest BCUT2D eigenvalue weighted by molar-refractivity contribution is 0.202. The normalized spacial score (nSPS) is 14.9. The fourth-order valence-electron chi connectivity index (χ4n) is 1.60. The van der Waals surface area contributed by atoms with Crippen molar-refractivity contribution < 1.29 is 4.74 Å². The van der Waals surface area contributed by atoms with Crippen LogP contribution in [0.4, 0.5) is 5.69 Å². The molecule has 2 rings (SSSR count). The molecule has 16 heavy (non-hydrogen) atoms. The Balaban J connectivity index is 2.06. The Kier molecular flexibility index (Phi) is 4.25. The van der Waals surface area contributed by atoms with Gasteiger partial charge in [-0.2, -0.15) is 0 Å². The molecule has 0 saturated heterocycles. The van der Waals surface area contributed by atoms with Crippen molar-refractivity contribution in [3.05, 3.63) is 29.8 Å². The van der Waals surface area contributed by atoms with Crippen molar-refractivity contribution in [1.82, 2.24) is 0 Å². The number of nitrogens with zero attached hydrogens (tertiary/aromatic N) is 1. The van der Waals surface area contributed by atoms with Crippen LogP contribution in [0.1, 0.15) is 5.56 Å². The molecule has 1 aliphatic rings. The minimum Gasteiger partial charge on any atom is -0.384 e. The van der Waals surface area contributed by atoms with Gasteiger partial charge in [0.05, 0.1) is 13.2 Å². The Morgan fingerprint density at radius 1 is 1.44 bits per heavy atom. The molecule has 0 atom stereocenters. The molecule has 1 heterocycles. The quantitative estimate of drug-likeness (QED) is 0.871. The smallest absolute Gasteiger partial charge is 0.161 e. The lowest BCUT2D eigenvalue weighted by Crippen LogP contribution is -2.08. The molecule has 1 aromatic carbocycles. The van der Waals surface area contributed by atoms with E-state index < -0.39 is 0 Å². The average molecular weight is 236 g/mol. The van der Waals surface area contributed by atoms with Gasteiger partial charge in [-0.3, -0.25) is 4.99 Å². The molecule has 0 amide bonds. The van der Waals surface area contributed by atoms with E-state index in [-0.39, 0.29) is 0 Å². The zero-order chi connectivity index (χ0) is 11.2. The summed E-state index contributed by atoms with van der Waals surface area (Å²) in [5.74, 6) is 1.09. The predicted molar refractivity (Wildman–Crippen MR) is 70.4 cm³/mol. The molecule has 1 N–H and O–H groups in total. The highest BCUT2D eigenvalue weighted by atomic mass is 32.2. The number of hydrogen-bond acceptors (Lipinski definition) is 4. The Morgan fingerprint density at radius 2 is 2.31 bits per heavy atom. The third-order valence-electron chi connectivity index (χ3n) is 2.42. The van der Waals surface area contributed by atoms with Crippen molar-refractivity contribution in [1.29, 1.82) is 0 Å². The summed E-state index contributed by atoms with van der Waals surface area (Å²) in [6.45, 7) is 1.67. The van der Waals surface area contributed by atoms with Gasteiger partial charge in [-0.25, -0.2) is 0 Å². The Hall–Kier alpha value is -1.000. The molecule has 0 saturated carbocycles. The number of nitrogens with one attached hydrogen (secondary N) is 1. The molecule has 3 nitrogen and oxygen atoms in total. The van der Waals surface area contributed by atoms with E-state index in [2.05, 4.69) is 28.5 Å². The van der Waals surface area contributed by atoms with Gasteiger partial charge in [0, 0.05) is 18.6 Å². The second kappa shape index (κ2) is 5.92. The van der Waals surface area contributed by atoms with Crippen LogP contribution in [-0.4, -0.2) is 31.2 Å². The topological polar surface area (TPSA) is 33.6 Å². The standard InChI is InChI=1S/C12H16N2OS/c1-15-8-6-10-4-2-3-5-11(10)14-12-13-7-9-16-12/h2-5H,6-9H2,1H3,(H,13,14). The van der Waals surface area contributed by atoms with Gasteiger partial charge in [-0.15, -0.1) is 0 Å².